The highest BCUT2D eigenvalue weighted by atomic mass is 16.5. The Balaban J connectivity index is 2.83. The van der Waals surface area contributed by atoms with Crippen molar-refractivity contribution in [3.8, 4) is 0 Å². The molecule has 0 aromatic heterocycles. The summed E-state index contributed by atoms with van der Waals surface area (Å²) in [5.41, 5.74) is 0.0779. The van der Waals surface area contributed by atoms with Crippen molar-refractivity contribution in [2.24, 2.45) is 17.3 Å². The van der Waals surface area contributed by atoms with Crippen LogP contribution < -0.4 is 0 Å². The van der Waals surface area contributed by atoms with Crippen LogP contribution in [0.4, 0.5) is 0 Å². The van der Waals surface area contributed by atoms with Gasteiger partial charge in [0.25, 0.3) is 0 Å². The molecule has 17 heavy (non-hydrogen) atoms. The summed E-state index contributed by atoms with van der Waals surface area (Å²) in [7, 11) is 1.46. The first kappa shape index (κ1) is 14.5. The summed E-state index contributed by atoms with van der Waals surface area (Å²) in [6.07, 6.45) is 1.96. The van der Waals surface area contributed by atoms with Gasteiger partial charge in [-0.3, -0.25) is 4.79 Å². The van der Waals surface area contributed by atoms with E-state index in [9.17, 15) is 4.79 Å². The molecule has 0 saturated carbocycles. The predicted molar refractivity (Wildman–Crippen MR) is 67.7 cm³/mol. The van der Waals surface area contributed by atoms with Crippen LogP contribution in [0.1, 0.15) is 47.5 Å². The van der Waals surface area contributed by atoms with E-state index in [1.54, 1.807) is 0 Å². The molecule has 0 N–H and O–H groups in total. The Kier molecular flexibility index (Phi) is 4.59. The summed E-state index contributed by atoms with van der Waals surface area (Å²) in [5.74, 6) is 0.174. The van der Waals surface area contributed by atoms with E-state index in [2.05, 4.69) is 34.6 Å². The fraction of sp³-hybridized carbons (Fsp3) is 0.929. The SMILES string of the molecule is CCC(C)[C@H]1O[C@@H](C(C)(C)C)CC1C(=O)OC. The van der Waals surface area contributed by atoms with Crippen molar-refractivity contribution in [3.05, 3.63) is 0 Å². The second kappa shape index (κ2) is 5.38. The van der Waals surface area contributed by atoms with Crippen LogP contribution in [0.2, 0.25) is 0 Å². The molecule has 1 aliphatic heterocycles. The largest absolute Gasteiger partial charge is 0.469 e. The summed E-state index contributed by atoms with van der Waals surface area (Å²) in [5, 5.41) is 0. The van der Waals surface area contributed by atoms with Gasteiger partial charge in [0, 0.05) is 0 Å². The van der Waals surface area contributed by atoms with Crippen molar-refractivity contribution in [1.82, 2.24) is 0 Å². The number of methoxy groups -OCH3 is 1. The van der Waals surface area contributed by atoms with Gasteiger partial charge in [0.05, 0.1) is 25.2 Å². The Morgan fingerprint density at radius 1 is 1.47 bits per heavy atom. The Morgan fingerprint density at radius 3 is 2.47 bits per heavy atom. The first-order chi connectivity index (χ1) is 7.81. The number of ether oxygens (including phenoxy) is 2. The lowest BCUT2D eigenvalue weighted by Gasteiger charge is -2.28. The van der Waals surface area contributed by atoms with Gasteiger partial charge in [-0.25, -0.2) is 0 Å². The Labute approximate surface area is 105 Å². The highest BCUT2D eigenvalue weighted by Gasteiger charge is 2.46. The molecule has 0 aliphatic carbocycles. The molecular weight excluding hydrogens is 216 g/mol. The van der Waals surface area contributed by atoms with Crippen molar-refractivity contribution in [1.29, 1.82) is 0 Å². The third-order valence-corrected chi connectivity index (χ3v) is 3.86. The summed E-state index contributed by atoms with van der Waals surface area (Å²) >= 11 is 0. The normalized spacial score (nSPS) is 31.3. The van der Waals surface area contributed by atoms with Gasteiger partial charge in [0.15, 0.2) is 0 Å². The maximum Gasteiger partial charge on any atom is 0.311 e. The molecule has 1 rings (SSSR count). The second-order valence-corrected chi connectivity index (χ2v) is 6.21. The van der Waals surface area contributed by atoms with Gasteiger partial charge in [-0.2, -0.15) is 0 Å². The molecule has 0 amide bonds. The highest BCUT2D eigenvalue weighted by molar-refractivity contribution is 5.73. The van der Waals surface area contributed by atoms with Crippen molar-refractivity contribution < 1.29 is 14.3 Å². The van der Waals surface area contributed by atoms with E-state index in [0.29, 0.717) is 5.92 Å². The Hall–Kier alpha value is -0.570. The van der Waals surface area contributed by atoms with Gasteiger partial charge in [-0.15, -0.1) is 0 Å². The van der Waals surface area contributed by atoms with E-state index in [0.717, 1.165) is 12.8 Å². The fourth-order valence-corrected chi connectivity index (χ4v) is 2.41. The van der Waals surface area contributed by atoms with E-state index in [-0.39, 0.29) is 29.5 Å². The number of esters is 1. The van der Waals surface area contributed by atoms with Crippen molar-refractivity contribution in [3.63, 3.8) is 0 Å². The van der Waals surface area contributed by atoms with Gasteiger partial charge < -0.3 is 9.47 Å². The summed E-state index contributed by atoms with van der Waals surface area (Å²) in [6, 6.07) is 0. The molecule has 0 spiro atoms. The number of carbonyl (C=O) groups is 1. The van der Waals surface area contributed by atoms with Gasteiger partial charge >= 0.3 is 5.97 Å². The molecule has 0 bridgehead atoms. The van der Waals surface area contributed by atoms with Crippen LogP contribution in [-0.4, -0.2) is 25.3 Å². The predicted octanol–water partition coefficient (Wildman–Crippen LogP) is 3.03. The molecule has 100 valence electrons. The molecular formula is C14H26O3. The monoisotopic (exact) mass is 242 g/mol. The average Bonchev–Trinajstić information content (AvgIpc) is 2.71. The highest BCUT2D eigenvalue weighted by Crippen LogP contribution is 2.40. The van der Waals surface area contributed by atoms with Crippen molar-refractivity contribution >= 4 is 5.97 Å². The number of hydrogen-bond acceptors (Lipinski definition) is 3. The van der Waals surface area contributed by atoms with Crippen LogP contribution in [0.25, 0.3) is 0 Å². The molecule has 1 saturated heterocycles. The Bertz CT molecular complexity index is 267. The van der Waals surface area contributed by atoms with E-state index in [4.69, 9.17) is 9.47 Å². The quantitative estimate of drug-likeness (QED) is 0.714. The molecule has 0 radical (unpaired) electrons. The minimum atomic E-state index is -0.123. The first-order valence-electron chi connectivity index (χ1n) is 6.54. The molecule has 0 aromatic carbocycles. The molecule has 3 heteroatoms. The van der Waals surface area contributed by atoms with E-state index >= 15 is 0 Å². The molecule has 3 nitrogen and oxygen atoms in total. The molecule has 1 aliphatic rings. The number of carbonyl (C=O) groups excluding carboxylic acids is 1. The molecule has 0 aromatic rings. The summed E-state index contributed by atoms with van der Waals surface area (Å²) in [6.45, 7) is 10.7. The first-order valence-corrected chi connectivity index (χ1v) is 6.54. The van der Waals surface area contributed by atoms with Gasteiger partial charge in [-0.05, 0) is 17.8 Å². The second-order valence-electron chi connectivity index (χ2n) is 6.21. The van der Waals surface area contributed by atoms with Gasteiger partial charge in [0.1, 0.15) is 0 Å². The molecule has 1 heterocycles. The minimum Gasteiger partial charge on any atom is -0.469 e. The van der Waals surface area contributed by atoms with Crippen LogP contribution in [0, 0.1) is 17.3 Å². The molecule has 1 fully saturated rings. The zero-order valence-corrected chi connectivity index (χ0v) is 11.9. The smallest absolute Gasteiger partial charge is 0.311 e. The lowest BCUT2D eigenvalue weighted by Crippen LogP contribution is -2.31. The van der Waals surface area contributed by atoms with Crippen LogP contribution in [0.15, 0.2) is 0 Å². The van der Waals surface area contributed by atoms with Gasteiger partial charge in [-0.1, -0.05) is 41.0 Å². The van der Waals surface area contributed by atoms with Crippen LogP contribution in [0.3, 0.4) is 0 Å². The van der Waals surface area contributed by atoms with E-state index < -0.39 is 0 Å². The number of rotatable bonds is 3. The van der Waals surface area contributed by atoms with Crippen LogP contribution in [0.5, 0.6) is 0 Å². The minimum absolute atomic E-state index is 0.0108. The van der Waals surface area contributed by atoms with Gasteiger partial charge in [0.2, 0.25) is 0 Å². The molecule has 2 unspecified atom stereocenters. The van der Waals surface area contributed by atoms with Crippen LogP contribution >= 0.6 is 0 Å². The topological polar surface area (TPSA) is 35.5 Å². The standard InChI is InChI=1S/C14H26O3/c1-7-9(2)12-10(13(15)16-6)8-11(17-12)14(3,4)5/h9-12H,7-8H2,1-6H3/t9?,10?,11-,12-/m1/s1. The maximum absolute atomic E-state index is 11.8. The zero-order chi connectivity index (χ0) is 13.2. The average molecular weight is 242 g/mol. The Morgan fingerprint density at radius 2 is 2.06 bits per heavy atom. The summed E-state index contributed by atoms with van der Waals surface area (Å²) < 4.78 is 11.0. The van der Waals surface area contributed by atoms with Crippen LogP contribution in [-0.2, 0) is 14.3 Å². The third kappa shape index (κ3) is 3.21. The maximum atomic E-state index is 11.8. The van der Waals surface area contributed by atoms with E-state index in [1.165, 1.54) is 7.11 Å². The fourth-order valence-electron chi connectivity index (χ4n) is 2.41. The van der Waals surface area contributed by atoms with Crippen molar-refractivity contribution in [2.75, 3.05) is 7.11 Å². The van der Waals surface area contributed by atoms with E-state index in [1.807, 2.05) is 0 Å². The zero-order valence-electron chi connectivity index (χ0n) is 11.9. The lowest BCUT2D eigenvalue weighted by atomic mass is 9.83. The lowest BCUT2D eigenvalue weighted by molar-refractivity contribution is -0.148. The third-order valence-electron chi connectivity index (χ3n) is 3.86. The number of hydrogen-bond donors (Lipinski definition) is 0. The summed E-state index contributed by atoms with van der Waals surface area (Å²) in [4.78, 5) is 11.8. The van der Waals surface area contributed by atoms with Crippen molar-refractivity contribution in [2.45, 2.75) is 59.7 Å². The molecule has 4 atom stereocenters.